The van der Waals surface area contributed by atoms with Gasteiger partial charge < -0.3 is 9.80 Å². The molecule has 0 atom stereocenters. The zero-order valence-corrected chi connectivity index (χ0v) is 14.9. The van der Waals surface area contributed by atoms with Crippen molar-refractivity contribution < 1.29 is 9.18 Å². The Kier molecular flexibility index (Phi) is 4.27. The number of carbonyl (C=O) groups is 1. The van der Waals surface area contributed by atoms with Gasteiger partial charge in [0, 0.05) is 32.7 Å². The fourth-order valence-electron chi connectivity index (χ4n) is 3.04. The van der Waals surface area contributed by atoms with Gasteiger partial charge in [0.05, 0.1) is 12.2 Å². The second-order valence-corrected chi connectivity index (χ2v) is 6.48. The summed E-state index contributed by atoms with van der Waals surface area (Å²) < 4.78 is 16.4. The number of hydrogen-bond acceptors (Lipinski definition) is 6. The summed E-state index contributed by atoms with van der Waals surface area (Å²) in [6.07, 6.45) is 2.94. The number of benzene rings is 1. The van der Waals surface area contributed by atoms with Gasteiger partial charge in [-0.15, -0.1) is 5.10 Å². The second kappa shape index (κ2) is 6.75. The van der Waals surface area contributed by atoms with E-state index in [-0.39, 0.29) is 29.2 Å². The van der Waals surface area contributed by atoms with E-state index in [4.69, 9.17) is 0 Å². The van der Waals surface area contributed by atoms with Gasteiger partial charge in [0.1, 0.15) is 12.0 Å². The zero-order chi connectivity index (χ0) is 19.0. The van der Waals surface area contributed by atoms with E-state index in [9.17, 15) is 9.18 Å². The number of amides is 1. The number of anilines is 1. The quantitative estimate of drug-likeness (QED) is 0.693. The summed E-state index contributed by atoms with van der Waals surface area (Å²) in [5.41, 5.74) is 1.26. The van der Waals surface area contributed by atoms with Crippen LogP contribution in [0.4, 0.5) is 10.2 Å². The second-order valence-electron chi connectivity index (χ2n) is 6.48. The molecule has 3 aromatic rings. The Morgan fingerprint density at radius 1 is 1.22 bits per heavy atom. The molecule has 3 heterocycles. The van der Waals surface area contributed by atoms with Crippen molar-refractivity contribution in [1.29, 1.82) is 0 Å². The van der Waals surface area contributed by atoms with E-state index in [1.807, 2.05) is 18.2 Å². The number of rotatable bonds is 4. The third-order valence-electron chi connectivity index (χ3n) is 4.67. The summed E-state index contributed by atoms with van der Waals surface area (Å²) >= 11 is 0. The molecule has 0 saturated carbocycles. The van der Waals surface area contributed by atoms with Crippen molar-refractivity contribution in [3.8, 4) is 11.3 Å². The maximum Gasteiger partial charge on any atom is 0.276 e. The van der Waals surface area contributed by atoms with Crippen LogP contribution in [0, 0.1) is 5.82 Å². The number of aryl methyl sites for hydroxylation is 1. The number of carbonyl (C=O) groups excluding carboxylic acids is 1. The SMILES string of the molecule is CN(C(=O)c1cn(C)nn1)C1CN(c2ncnc(-c3ccccc3)c2F)C1. The lowest BCUT2D eigenvalue weighted by Crippen LogP contribution is -2.60. The molecule has 0 spiro atoms. The fourth-order valence-corrected chi connectivity index (χ4v) is 3.04. The summed E-state index contributed by atoms with van der Waals surface area (Å²) in [6, 6.07) is 9.11. The van der Waals surface area contributed by atoms with Gasteiger partial charge in [-0.2, -0.15) is 0 Å². The lowest BCUT2D eigenvalue weighted by atomic mass is 10.1. The maximum atomic E-state index is 14.9. The van der Waals surface area contributed by atoms with Crippen LogP contribution in [0.3, 0.4) is 0 Å². The van der Waals surface area contributed by atoms with E-state index >= 15 is 0 Å². The van der Waals surface area contributed by atoms with Gasteiger partial charge >= 0.3 is 0 Å². The van der Waals surface area contributed by atoms with Crippen molar-refractivity contribution in [1.82, 2.24) is 29.9 Å². The molecular formula is C18H18FN7O. The van der Waals surface area contributed by atoms with E-state index < -0.39 is 5.82 Å². The molecule has 27 heavy (non-hydrogen) atoms. The number of likely N-dealkylation sites (N-methyl/N-ethyl adjacent to an activating group) is 1. The lowest BCUT2D eigenvalue weighted by molar-refractivity contribution is 0.0698. The van der Waals surface area contributed by atoms with E-state index in [2.05, 4.69) is 20.3 Å². The molecule has 0 N–H and O–H groups in total. The van der Waals surface area contributed by atoms with Crippen molar-refractivity contribution in [3.05, 3.63) is 54.4 Å². The van der Waals surface area contributed by atoms with Gasteiger partial charge in [-0.1, -0.05) is 35.5 Å². The molecule has 1 saturated heterocycles. The van der Waals surface area contributed by atoms with Crippen molar-refractivity contribution in [2.45, 2.75) is 6.04 Å². The van der Waals surface area contributed by atoms with Gasteiger partial charge in [0.2, 0.25) is 0 Å². The first-order valence-corrected chi connectivity index (χ1v) is 8.49. The maximum absolute atomic E-state index is 14.9. The molecule has 8 nitrogen and oxygen atoms in total. The Hall–Kier alpha value is -3.36. The minimum absolute atomic E-state index is 0.0472. The molecule has 0 bridgehead atoms. The highest BCUT2D eigenvalue weighted by atomic mass is 19.1. The van der Waals surface area contributed by atoms with Crippen LogP contribution in [-0.4, -0.2) is 61.9 Å². The van der Waals surface area contributed by atoms with Crippen LogP contribution in [-0.2, 0) is 7.05 Å². The molecular weight excluding hydrogens is 349 g/mol. The third kappa shape index (κ3) is 3.12. The van der Waals surface area contributed by atoms with Crippen LogP contribution in [0.25, 0.3) is 11.3 Å². The molecule has 1 aliphatic heterocycles. The standard InChI is InChI=1S/C18H18FN7O/c1-24-10-14(22-23-24)18(27)25(2)13-8-26(9-13)17-15(19)16(20-11-21-17)12-6-4-3-5-7-12/h3-7,10-11,13H,8-9H2,1-2H3. The molecule has 0 radical (unpaired) electrons. The van der Waals surface area contributed by atoms with E-state index in [0.717, 1.165) is 0 Å². The Morgan fingerprint density at radius 3 is 2.63 bits per heavy atom. The highest BCUT2D eigenvalue weighted by Gasteiger charge is 2.36. The summed E-state index contributed by atoms with van der Waals surface area (Å²) in [5, 5.41) is 7.62. The van der Waals surface area contributed by atoms with Gasteiger partial charge in [0.25, 0.3) is 5.91 Å². The van der Waals surface area contributed by atoms with Crippen LogP contribution < -0.4 is 4.90 Å². The van der Waals surface area contributed by atoms with Crippen LogP contribution in [0.15, 0.2) is 42.9 Å². The van der Waals surface area contributed by atoms with Gasteiger partial charge in [0.15, 0.2) is 17.3 Å². The predicted molar refractivity (Wildman–Crippen MR) is 96.5 cm³/mol. The van der Waals surface area contributed by atoms with Crippen molar-refractivity contribution in [3.63, 3.8) is 0 Å². The summed E-state index contributed by atoms with van der Waals surface area (Å²) in [7, 11) is 3.42. The van der Waals surface area contributed by atoms with Crippen LogP contribution >= 0.6 is 0 Å². The Balaban J connectivity index is 1.47. The topological polar surface area (TPSA) is 80.0 Å². The smallest absolute Gasteiger partial charge is 0.276 e. The highest BCUT2D eigenvalue weighted by Crippen LogP contribution is 2.29. The average molecular weight is 367 g/mol. The Labute approximate surface area is 155 Å². The molecule has 1 aliphatic rings. The number of hydrogen-bond donors (Lipinski definition) is 0. The van der Waals surface area contributed by atoms with E-state index in [1.54, 1.807) is 42.2 Å². The molecule has 9 heteroatoms. The zero-order valence-electron chi connectivity index (χ0n) is 14.9. The van der Waals surface area contributed by atoms with Crippen molar-refractivity contribution in [2.75, 3.05) is 25.0 Å². The van der Waals surface area contributed by atoms with E-state index in [0.29, 0.717) is 18.7 Å². The summed E-state index contributed by atoms with van der Waals surface area (Å²) in [4.78, 5) is 24.0. The monoisotopic (exact) mass is 367 g/mol. The Morgan fingerprint density at radius 2 is 1.96 bits per heavy atom. The molecule has 1 aromatic carbocycles. The molecule has 2 aromatic heterocycles. The first-order valence-electron chi connectivity index (χ1n) is 8.49. The van der Waals surface area contributed by atoms with Crippen LogP contribution in [0.5, 0.6) is 0 Å². The molecule has 4 rings (SSSR count). The first-order chi connectivity index (χ1) is 13.0. The Bertz CT molecular complexity index is 969. The minimum atomic E-state index is -0.454. The molecule has 1 fully saturated rings. The number of nitrogens with zero attached hydrogens (tertiary/aromatic N) is 7. The molecule has 1 amide bonds. The minimum Gasteiger partial charge on any atom is -0.350 e. The highest BCUT2D eigenvalue weighted by molar-refractivity contribution is 5.92. The van der Waals surface area contributed by atoms with Gasteiger partial charge in [-0.25, -0.2) is 14.4 Å². The fraction of sp³-hybridized carbons (Fsp3) is 0.278. The van der Waals surface area contributed by atoms with Crippen LogP contribution in [0.1, 0.15) is 10.5 Å². The average Bonchev–Trinajstić information content (AvgIpc) is 3.08. The van der Waals surface area contributed by atoms with Gasteiger partial charge in [-0.05, 0) is 0 Å². The number of aromatic nitrogens is 5. The number of halogens is 1. The predicted octanol–water partition coefficient (Wildman–Crippen LogP) is 1.37. The third-order valence-corrected chi connectivity index (χ3v) is 4.67. The van der Waals surface area contributed by atoms with E-state index in [1.165, 1.54) is 11.0 Å². The van der Waals surface area contributed by atoms with Crippen molar-refractivity contribution >= 4 is 11.7 Å². The molecule has 138 valence electrons. The van der Waals surface area contributed by atoms with Crippen LogP contribution in [0.2, 0.25) is 0 Å². The molecule has 0 aliphatic carbocycles. The molecule has 0 unspecified atom stereocenters. The summed E-state index contributed by atoms with van der Waals surface area (Å²) in [5.74, 6) is -0.411. The van der Waals surface area contributed by atoms with Crippen molar-refractivity contribution in [2.24, 2.45) is 7.05 Å². The van der Waals surface area contributed by atoms with Gasteiger partial charge in [-0.3, -0.25) is 9.48 Å². The summed E-state index contributed by atoms with van der Waals surface area (Å²) in [6.45, 7) is 0.981. The lowest BCUT2D eigenvalue weighted by Gasteiger charge is -2.44. The normalized spacial score (nSPS) is 14.1. The first kappa shape index (κ1) is 17.1. The largest absolute Gasteiger partial charge is 0.350 e.